The molecule has 68 heavy (non-hydrogen) atoms. The van der Waals surface area contributed by atoms with E-state index in [4.69, 9.17) is 36.1 Å². The van der Waals surface area contributed by atoms with Crippen LogP contribution in [-0.4, -0.2) is 127 Å². The summed E-state index contributed by atoms with van der Waals surface area (Å²) < 4.78 is 15.1. The lowest BCUT2D eigenvalue weighted by Gasteiger charge is -2.50. The topological polar surface area (TPSA) is 184 Å². The molecule has 1 saturated carbocycles. The van der Waals surface area contributed by atoms with Gasteiger partial charge in [-0.2, -0.15) is 15.5 Å². The highest BCUT2D eigenvalue weighted by Crippen LogP contribution is 2.39. The van der Waals surface area contributed by atoms with E-state index in [2.05, 4.69) is 70.6 Å². The third-order valence-electron chi connectivity index (χ3n) is 14.8. The van der Waals surface area contributed by atoms with Crippen LogP contribution in [0.4, 0.5) is 11.5 Å². The summed E-state index contributed by atoms with van der Waals surface area (Å²) in [6.07, 6.45) is 18.4. The number of hydrogen-bond acceptors (Lipinski definition) is 14. The molecule has 18 heteroatoms. The smallest absolute Gasteiger partial charge is 0.249 e. The Morgan fingerprint density at radius 3 is 2.38 bits per heavy atom. The Morgan fingerprint density at radius 1 is 0.868 bits per heavy atom. The molecule has 1 aromatic carbocycles. The molecule has 2 amide bonds. The molecule has 6 aromatic rings. The Morgan fingerprint density at radius 2 is 1.68 bits per heavy atom. The number of morpholine rings is 1. The normalized spacial score (nSPS) is 23.9. The van der Waals surface area contributed by atoms with Gasteiger partial charge >= 0.3 is 0 Å². The zero-order chi connectivity index (χ0) is 46.3. The van der Waals surface area contributed by atoms with Gasteiger partial charge in [-0.25, -0.2) is 19.5 Å². The predicted octanol–water partition coefficient (Wildman–Crippen LogP) is 6.25. The van der Waals surface area contributed by atoms with Crippen LogP contribution in [0.2, 0.25) is 5.02 Å². The average molecular weight is 937 g/mol. The van der Waals surface area contributed by atoms with E-state index < -0.39 is 6.04 Å². The number of anilines is 2. The number of halogens is 1. The number of rotatable bonds is 11. The number of carbonyl (C=O) groups is 2. The molecular formula is C50H54ClN13O4. The fourth-order valence-corrected chi connectivity index (χ4v) is 11.4. The van der Waals surface area contributed by atoms with Crippen molar-refractivity contribution in [3.63, 3.8) is 0 Å². The fourth-order valence-electron chi connectivity index (χ4n) is 11.1. The van der Waals surface area contributed by atoms with Gasteiger partial charge in [-0.15, -0.1) is 0 Å². The molecule has 1 aliphatic carbocycles. The molecule has 17 nitrogen and oxygen atoms in total. The van der Waals surface area contributed by atoms with E-state index in [0.717, 1.165) is 111 Å². The lowest BCUT2D eigenvalue weighted by molar-refractivity contribution is -0.133. The van der Waals surface area contributed by atoms with Crippen LogP contribution in [0, 0.1) is 11.3 Å². The summed E-state index contributed by atoms with van der Waals surface area (Å²) in [6.45, 7) is 5.76. The second kappa shape index (κ2) is 18.9. The number of benzene rings is 1. The maximum atomic E-state index is 12.3. The van der Waals surface area contributed by atoms with Gasteiger partial charge in [-0.05, 0) is 99.3 Å². The predicted molar refractivity (Wildman–Crippen MR) is 255 cm³/mol. The first kappa shape index (κ1) is 44.1. The van der Waals surface area contributed by atoms with Crippen LogP contribution >= 0.6 is 11.6 Å². The minimum absolute atomic E-state index is 0.214. The number of methoxy groups -OCH3 is 1. The molecule has 0 radical (unpaired) electrons. The SMILES string of the molecule is COc1ccc(CN2C3COCC2CN(c2ccc(-c4nc(-c5cnn(C6CCC(N7CCC(c8ccc(NC9CCC(=O)NC9=O)cc8Cl)CC7)CC6)c5)cn5ncc(C#N)c45)cn2)C3)cn1. The van der Waals surface area contributed by atoms with Crippen molar-refractivity contribution in [3.05, 3.63) is 101 Å². The van der Waals surface area contributed by atoms with Gasteiger partial charge < -0.3 is 24.6 Å². The van der Waals surface area contributed by atoms with E-state index in [1.807, 2.05) is 49.1 Å². The number of amides is 2. The standard InChI is InChI=1S/C50H54ClN13O4/c1-67-47-13-2-31(20-54-47)24-62-39-26-61(27-40(62)30-68-29-39)45-11-3-33(21-53-45)48-49-34(19-52)22-56-64(49)28-44(58-48)35-23-55-63(25-35)38-7-5-37(6-8-38)60-16-14-32(15-17-60)41-9-4-36(18-42(41)51)57-43-10-12-46(65)59-50(43)66/h2-4,9,11,13,18,20-23,25,28,32,37-40,43,57H,5-8,10,12,14-17,24,26-27,29-30H2,1H3,(H,59,65,66). The molecule has 2 N–H and O–H groups in total. The maximum absolute atomic E-state index is 12.3. The highest BCUT2D eigenvalue weighted by Gasteiger charge is 2.39. The summed E-state index contributed by atoms with van der Waals surface area (Å²) >= 11 is 6.83. The van der Waals surface area contributed by atoms with Crippen molar-refractivity contribution in [2.24, 2.45) is 0 Å². The Bertz CT molecular complexity index is 2830. The summed E-state index contributed by atoms with van der Waals surface area (Å²) in [6, 6.07) is 17.2. The number of piperazine rings is 1. The molecule has 5 fully saturated rings. The van der Waals surface area contributed by atoms with E-state index in [1.54, 1.807) is 17.8 Å². The van der Waals surface area contributed by atoms with Gasteiger partial charge in [0, 0.05) is 78.6 Å². The minimum atomic E-state index is -0.439. The van der Waals surface area contributed by atoms with E-state index >= 15 is 0 Å². The van der Waals surface area contributed by atoms with Gasteiger partial charge in [0.2, 0.25) is 17.7 Å². The average Bonchev–Trinajstić information content (AvgIpc) is 4.04. The molecule has 2 bridgehead atoms. The number of imide groups is 1. The van der Waals surface area contributed by atoms with E-state index in [0.29, 0.717) is 71.7 Å². The summed E-state index contributed by atoms with van der Waals surface area (Å²) in [5.74, 6) is 1.38. The molecule has 5 aliphatic rings. The zero-order valence-corrected chi connectivity index (χ0v) is 38.8. The first-order valence-electron chi connectivity index (χ1n) is 23.8. The third-order valence-corrected chi connectivity index (χ3v) is 15.1. The van der Waals surface area contributed by atoms with Crippen molar-refractivity contribution in [3.8, 4) is 34.5 Å². The van der Waals surface area contributed by atoms with E-state index in [-0.39, 0.29) is 23.9 Å². The van der Waals surface area contributed by atoms with Gasteiger partial charge in [-0.3, -0.25) is 24.5 Å². The number of nitriles is 1. The molecular weight excluding hydrogens is 882 g/mol. The van der Waals surface area contributed by atoms with Crippen LogP contribution in [0.3, 0.4) is 0 Å². The number of fused-ring (bicyclic) bond motifs is 3. The summed E-state index contributed by atoms with van der Waals surface area (Å²) in [5, 5.41) is 25.9. The summed E-state index contributed by atoms with van der Waals surface area (Å²) in [7, 11) is 1.63. The highest BCUT2D eigenvalue weighted by atomic mass is 35.5. The van der Waals surface area contributed by atoms with E-state index in [9.17, 15) is 14.9 Å². The van der Waals surface area contributed by atoms with Crippen molar-refractivity contribution in [2.45, 2.75) is 94.0 Å². The maximum Gasteiger partial charge on any atom is 0.249 e. The first-order valence-corrected chi connectivity index (χ1v) is 24.1. The Labute approximate surface area is 399 Å². The monoisotopic (exact) mass is 935 g/mol. The largest absolute Gasteiger partial charge is 0.481 e. The highest BCUT2D eigenvalue weighted by molar-refractivity contribution is 6.31. The Kier molecular flexibility index (Phi) is 12.3. The van der Waals surface area contributed by atoms with Gasteiger partial charge in [-0.1, -0.05) is 23.7 Å². The second-order valence-corrected chi connectivity index (χ2v) is 19.2. The molecule has 11 rings (SSSR count). The van der Waals surface area contributed by atoms with Crippen LogP contribution in [0.25, 0.3) is 28.0 Å². The fraction of sp³-hybridized carbons (Fsp3) is 0.440. The van der Waals surface area contributed by atoms with Crippen molar-refractivity contribution in [1.82, 2.24) is 49.5 Å². The van der Waals surface area contributed by atoms with E-state index in [1.165, 1.54) is 0 Å². The van der Waals surface area contributed by atoms with Crippen LogP contribution in [0.5, 0.6) is 5.88 Å². The molecule has 9 heterocycles. The van der Waals surface area contributed by atoms with Crippen LogP contribution < -0.4 is 20.3 Å². The zero-order valence-electron chi connectivity index (χ0n) is 38.0. The lowest BCUT2D eigenvalue weighted by atomic mass is 9.85. The minimum Gasteiger partial charge on any atom is -0.481 e. The first-order chi connectivity index (χ1) is 33.3. The van der Waals surface area contributed by atoms with Crippen molar-refractivity contribution in [2.75, 3.05) is 56.7 Å². The quantitative estimate of drug-likeness (QED) is 0.139. The molecule has 350 valence electrons. The van der Waals surface area contributed by atoms with Crippen molar-refractivity contribution >= 4 is 40.4 Å². The van der Waals surface area contributed by atoms with Crippen LogP contribution in [0.1, 0.15) is 80.0 Å². The number of likely N-dealkylation sites (tertiary alicyclic amines) is 1. The van der Waals surface area contributed by atoms with Crippen LogP contribution in [0.15, 0.2) is 79.6 Å². The molecule has 3 unspecified atom stereocenters. The summed E-state index contributed by atoms with van der Waals surface area (Å²) in [4.78, 5) is 45.9. The number of hydrogen-bond donors (Lipinski definition) is 2. The van der Waals surface area contributed by atoms with Gasteiger partial charge in [0.05, 0.1) is 68.4 Å². The summed E-state index contributed by atoms with van der Waals surface area (Å²) in [5.41, 5.74) is 7.27. The van der Waals surface area contributed by atoms with Gasteiger partial charge in [0.15, 0.2) is 0 Å². The molecule has 0 spiro atoms. The number of nitrogens with zero attached hydrogens (tertiary/aromatic N) is 11. The number of piperidine rings is 2. The Balaban J connectivity index is 0.719. The van der Waals surface area contributed by atoms with Crippen LogP contribution in [-0.2, 0) is 20.9 Å². The molecule has 3 atom stereocenters. The van der Waals surface area contributed by atoms with Crippen molar-refractivity contribution in [1.29, 1.82) is 5.26 Å². The van der Waals surface area contributed by atoms with Gasteiger partial charge in [0.1, 0.15) is 29.0 Å². The Hall–Kier alpha value is -6.45. The number of nitrogens with one attached hydrogen (secondary N) is 2. The third kappa shape index (κ3) is 8.89. The van der Waals surface area contributed by atoms with Gasteiger partial charge in [0.25, 0.3) is 0 Å². The van der Waals surface area contributed by atoms with Crippen molar-refractivity contribution < 1.29 is 19.1 Å². The molecule has 4 aliphatic heterocycles. The number of aromatic nitrogens is 7. The lowest BCUT2D eigenvalue weighted by Crippen LogP contribution is -2.64. The second-order valence-electron chi connectivity index (χ2n) is 18.8. The molecule has 4 saturated heterocycles. The number of carbonyl (C=O) groups excluding carboxylic acids is 2. The molecule has 5 aromatic heterocycles. The number of ether oxygens (including phenoxy) is 2. The number of pyridine rings is 2.